The highest BCUT2D eigenvalue weighted by Gasteiger charge is 2.18. The second-order valence-electron chi connectivity index (χ2n) is 16.5. The number of aryl methyl sites for hydroxylation is 2. The maximum Gasteiger partial charge on any atom is 0.0541 e. The highest BCUT2D eigenvalue weighted by molar-refractivity contribution is 6.21. The molecule has 10 aromatic carbocycles. The Balaban J connectivity index is 0.000000327. The Morgan fingerprint density at radius 3 is 1.24 bits per heavy atom. The third-order valence-corrected chi connectivity index (χ3v) is 12.3. The third-order valence-electron chi connectivity index (χ3n) is 12.3. The average molecular weight is 864 g/mol. The predicted octanol–water partition coefficient (Wildman–Crippen LogP) is 19.0. The Bertz CT molecular complexity index is 3370. The van der Waals surface area contributed by atoms with Gasteiger partial charge in [-0.25, -0.2) is 0 Å². The fourth-order valence-electron chi connectivity index (χ4n) is 8.74. The largest absolute Gasteiger partial charge is 0.309 e. The summed E-state index contributed by atoms with van der Waals surface area (Å²) in [4.78, 5) is 0. The highest BCUT2D eigenvalue weighted by atomic mass is 15.0. The Morgan fingerprint density at radius 1 is 0.313 bits per heavy atom. The lowest BCUT2D eigenvalue weighted by Crippen LogP contribution is -1.93. The van der Waals surface area contributed by atoms with Gasteiger partial charge in [0, 0.05) is 16.5 Å². The van der Waals surface area contributed by atoms with Crippen molar-refractivity contribution in [3.05, 3.63) is 273 Å². The first-order valence-electron chi connectivity index (χ1n) is 23.1. The van der Waals surface area contributed by atoms with E-state index in [9.17, 15) is 0 Å². The Labute approximate surface area is 397 Å². The number of fused-ring (bicyclic) bond motifs is 5. The van der Waals surface area contributed by atoms with Crippen LogP contribution in [-0.2, 0) is 0 Å². The van der Waals surface area contributed by atoms with Gasteiger partial charge in [-0.15, -0.1) is 0 Å². The lowest BCUT2D eigenvalue weighted by atomic mass is 9.85. The molecule has 0 N–H and O–H groups in total. The maximum absolute atomic E-state index is 3.36. The zero-order chi connectivity index (χ0) is 46.5. The van der Waals surface area contributed by atoms with Gasteiger partial charge in [0.25, 0.3) is 0 Å². The van der Waals surface area contributed by atoms with Crippen molar-refractivity contribution in [2.45, 2.75) is 27.7 Å². The number of hydrogen-bond donors (Lipinski definition) is 0. The molecular weight excluding hydrogens is 807 g/mol. The highest BCUT2D eigenvalue weighted by Crippen LogP contribution is 2.45. The SMILES string of the molecule is C/C=C\C.C=CC=C.Cc1ccccc1C.c1ccc(-c2ccc(-c3c4ccccc4c(-c4cccc(-c5ccc6c(c5)c5ccccc5n6-c5ccccc5)c4)c4ccccc34)cc2)cc1. The number of allylic oxidation sites excluding steroid dienone is 4. The van der Waals surface area contributed by atoms with E-state index >= 15 is 0 Å². The normalized spacial score (nSPS) is 10.7. The molecule has 11 aromatic rings. The van der Waals surface area contributed by atoms with E-state index in [1.54, 1.807) is 12.2 Å². The Morgan fingerprint density at radius 2 is 0.701 bits per heavy atom. The molecule has 0 saturated heterocycles. The molecule has 0 fully saturated rings. The molecule has 326 valence electrons. The molecule has 0 amide bonds. The summed E-state index contributed by atoms with van der Waals surface area (Å²) in [5.41, 5.74) is 16.2. The number of benzene rings is 10. The molecule has 0 unspecified atom stereocenters. The van der Waals surface area contributed by atoms with Crippen molar-refractivity contribution >= 4 is 43.4 Å². The van der Waals surface area contributed by atoms with Crippen molar-refractivity contribution in [1.82, 2.24) is 4.57 Å². The summed E-state index contributed by atoms with van der Waals surface area (Å²) in [5, 5.41) is 7.57. The number of hydrogen-bond acceptors (Lipinski definition) is 0. The average Bonchev–Trinajstić information content (AvgIpc) is 3.73. The van der Waals surface area contributed by atoms with Crippen LogP contribution in [0, 0.1) is 13.8 Å². The molecule has 1 heterocycles. The molecule has 0 aliphatic rings. The molecule has 1 heteroatoms. The van der Waals surface area contributed by atoms with Crippen LogP contribution >= 0.6 is 0 Å². The van der Waals surface area contributed by atoms with Gasteiger partial charge < -0.3 is 4.57 Å². The van der Waals surface area contributed by atoms with Gasteiger partial charge in [0.2, 0.25) is 0 Å². The summed E-state index contributed by atoms with van der Waals surface area (Å²) in [6.07, 6.45) is 7.28. The van der Waals surface area contributed by atoms with E-state index in [4.69, 9.17) is 0 Å². The summed E-state index contributed by atoms with van der Waals surface area (Å²) in [5.74, 6) is 0. The zero-order valence-corrected chi connectivity index (χ0v) is 39.0. The van der Waals surface area contributed by atoms with E-state index in [0.29, 0.717) is 0 Å². The van der Waals surface area contributed by atoms with E-state index in [-0.39, 0.29) is 0 Å². The smallest absolute Gasteiger partial charge is 0.0541 e. The van der Waals surface area contributed by atoms with Crippen LogP contribution in [-0.4, -0.2) is 4.57 Å². The fraction of sp³-hybridized carbons (Fsp3) is 0.0606. The molecule has 11 rings (SSSR count). The lowest BCUT2D eigenvalue weighted by Gasteiger charge is -2.18. The van der Waals surface area contributed by atoms with Gasteiger partial charge >= 0.3 is 0 Å². The fourth-order valence-corrected chi connectivity index (χ4v) is 8.74. The molecule has 67 heavy (non-hydrogen) atoms. The van der Waals surface area contributed by atoms with Crippen LogP contribution in [0.4, 0.5) is 0 Å². The Hall–Kier alpha value is -8.26. The monoisotopic (exact) mass is 863 g/mol. The topological polar surface area (TPSA) is 4.93 Å². The molecule has 1 aromatic heterocycles. The number of para-hydroxylation sites is 2. The number of rotatable bonds is 6. The summed E-state index contributed by atoms with van der Waals surface area (Å²) in [6.45, 7) is 15.0. The summed E-state index contributed by atoms with van der Waals surface area (Å²) < 4.78 is 2.37. The standard InChI is InChI=1S/C50H33N.C8H10.C4H8.C4H6/c1-3-14-34(15-4-1)35-26-28-36(29-27-35)49-42-21-7-9-23-44(42)50(45-24-10-8-22-43(45)49)39-17-13-16-37(32-39)38-30-31-48-46(33-38)41-20-11-12-25-47(41)51(48)40-18-5-2-6-19-40;1-7-5-3-4-6-8(7)2;2*1-3-4-2/h1-33H;3-6H,1-2H3;3-4H,1-2H3;3-4H,1-2H2/b;;4-3-;. The number of aromatic nitrogens is 1. The number of nitrogens with zero attached hydrogens (tertiary/aromatic N) is 1. The van der Waals surface area contributed by atoms with Gasteiger partial charge in [-0.1, -0.05) is 226 Å². The van der Waals surface area contributed by atoms with Crippen molar-refractivity contribution in [1.29, 1.82) is 0 Å². The molecule has 0 bridgehead atoms. The second kappa shape index (κ2) is 21.6. The minimum atomic E-state index is 1.17. The summed E-state index contributed by atoms with van der Waals surface area (Å²) in [6, 6.07) is 81.3. The third kappa shape index (κ3) is 9.88. The molecule has 0 aliphatic carbocycles. The van der Waals surface area contributed by atoms with E-state index in [1.165, 1.54) is 105 Å². The quantitative estimate of drug-likeness (QED) is 0.0892. The van der Waals surface area contributed by atoms with Crippen LogP contribution in [0.2, 0.25) is 0 Å². The Kier molecular flexibility index (Phi) is 14.6. The van der Waals surface area contributed by atoms with E-state index in [2.05, 4.69) is 256 Å². The predicted molar refractivity (Wildman–Crippen MR) is 294 cm³/mol. The van der Waals surface area contributed by atoms with Crippen molar-refractivity contribution < 1.29 is 0 Å². The van der Waals surface area contributed by atoms with Crippen molar-refractivity contribution in [3.8, 4) is 50.2 Å². The van der Waals surface area contributed by atoms with Crippen LogP contribution in [0.3, 0.4) is 0 Å². The van der Waals surface area contributed by atoms with E-state index in [1.807, 2.05) is 26.0 Å². The van der Waals surface area contributed by atoms with Crippen molar-refractivity contribution in [2.75, 3.05) is 0 Å². The summed E-state index contributed by atoms with van der Waals surface area (Å²) in [7, 11) is 0. The van der Waals surface area contributed by atoms with Crippen LogP contribution in [0.15, 0.2) is 262 Å². The van der Waals surface area contributed by atoms with Gasteiger partial charge in [0.05, 0.1) is 11.0 Å². The van der Waals surface area contributed by atoms with Crippen molar-refractivity contribution in [3.63, 3.8) is 0 Å². The molecule has 0 aliphatic heterocycles. The molecule has 0 atom stereocenters. The zero-order valence-electron chi connectivity index (χ0n) is 39.0. The van der Waals surface area contributed by atoms with E-state index < -0.39 is 0 Å². The van der Waals surface area contributed by atoms with Crippen LogP contribution in [0.5, 0.6) is 0 Å². The first kappa shape index (κ1) is 45.3. The molecule has 0 radical (unpaired) electrons. The van der Waals surface area contributed by atoms with Gasteiger partial charge in [-0.2, -0.15) is 0 Å². The van der Waals surface area contributed by atoms with Crippen LogP contribution in [0.1, 0.15) is 25.0 Å². The minimum Gasteiger partial charge on any atom is -0.309 e. The van der Waals surface area contributed by atoms with Gasteiger partial charge in [-0.3, -0.25) is 0 Å². The summed E-state index contributed by atoms with van der Waals surface area (Å²) >= 11 is 0. The first-order chi connectivity index (χ1) is 32.9. The van der Waals surface area contributed by atoms with Gasteiger partial charge in [-0.05, 0) is 141 Å². The first-order valence-corrected chi connectivity index (χ1v) is 23.1. The maximum atomic E-state index is 3.36. The minimum absolute atomic E-state index is 1.17. The van der Waals surface area contributed by atoms with Gasteiger partial charge in [0.15, 0.2) is 0 Å². The lowest BCUT2D eigenvalue weighted by molar-refractivity contribution is 1.18. The molecule has 0 saturated carbocycles. The van der Waals surface area contributed by atoms with Crippen molar-refractivity contribution in [2.24, 2.45) is 0 Å². The second-order valence-corrected chi connectivity index (χ2v) is 16.5. The van der Waals surface area contributed by atoms with E-state index in [0.717, 1.165) is 0 Å². The molecule has 0 spiro atoms. The molecule has 1 nitrogen and oxygen atoms in total. The molecular formula is C66H57N. The van der Waals surface area contributed by atoms with Crippen LogP contribution in [0.25, 0.3) is 93.5 Å². The van der Waals surface area contributed by atoms with Gasteiger partial charge in [0.1, 0.15) is 0 Å². The van der Waals surface area contributed by atoms with Crippen LogP contribution < -0.4 is 0 Å².